The number of fused-ring (bicyclic) bond motifs is 1. The second-order valence-corrected chi connectivity index (χ2v) is 2.50. The van der Waals surface area contributed by atoms with Crippen LogP contribution in [0.1, 0.15) is 0 Å². The SMILES string of the molecule is Nc1cc2c(cnn2O)cc1O. The van der Waals surface area contributed by atoms with Crippen molar-refractivity contribution >= 4 is 16.6 Å². The van der Waals surface area contributed by atoms with Gasteiger partial charge in [0.15, 0.2) is 0 Å². The average molecular weight is 165 g/mol. The van der Waals surface area contributed by atoms with Crippen LogP contribution in [0.15, 0.2) is 18.3 Å². The highest BCUT2D eigenvalue weighted by Crippen LogP contribution is 2.25. The van der Waals surface area contributed by atoms with Gasteiger partial charge in [0.05, 0.1) is 11.9 Å². The summed E-state index contributed by atoms with van der Waals surface area (Å²) in [6, 6.07) is 2.90. The van der Waals surface area contributed by atoms with Gasteiger partial charge in [-0.3, -0.25) is 0 Å². The molecule has 0 fully saturated rings. The van der Waals surface area contributed by atoms with Gasteiger partial charge in [-0.05, 0) is 12.1 Å². The summed E-state index contributed by atoms with van der Waals surface area (Å²) in [6.07, 6.45) is 1.44. The predicted molar refractivity (Wildman–Crippen MR) is 43.0 cm³/mol. The number of hydrogen-bond acceptors (Lipinski definition) is 4. The van der Waals surface area contributed by atoms with E-state index in [0.29, 0.717) is 15.7 Å². The molecule has 0 aliphatic carbocycles. The van der Waals surface area contributed by atoms with Crippen LogP contribution in [0.4, 0.5) is 5.69 Å². The van der Waals surface area contributed by atoms with E-state index >= 15 is 0 Å². The molecule has 62 valence electrons. The fourth-order valence-corrected chi connectivity index (χ4v) is 1.06. The lowest BCUT2D eigenvalue weighted by Crippen LogP contribution is -1.92. The van der Waals surface area contributed by atoms with E-state index in [1.807, 2.05) is 0 Å². The first-order valence-electron chi connectivity index (χ1n) is 3.34. The molecule has 2 rings (SSSR count). The normalized spacial score (nSPS) is 10.7. The fourth-order valence-electron chi connectivity index (χ4n) is 1.06. The van der Waals surface area contributed by atoms with Gasteiger partial charge in [-0.2, -0.15) is 0 Å². The molecule has 0 saturated heterocycles. The maximum absolute atomic E-state index is 9.18. The number of aromatic nitrogens is 2. The zero-order chi connectivity index (χ0) is 8.72. The first-order valence-corrected chi connectivity index (χ1v) is 3.34. The quantitative estimate of drug-likeness (QED) is 0.302. The highest BCUT2D eigenvalue weighted by atomic mass is 16.5. The highest BCUT2D eigenvalue weighted by molar-refractivity contribution is 5.84. The zero-order valence-electron chi connectivity index (χ0n) is 6.10. The Kier molecular flexibility index (Phi) is 1.15. The number of aromatic hydroxyl groups is 1. The second-order valence-electron chi connectivity index (χ2n) is 2.50. The number of phenolic OH excluding ortho intramolecular Hbond substituents is 1. The molecule has 0 amide bonds. The first kappa shape index (κ1) is 6.78. The van der Waals surface area contributed by atoms with E-state index in [1.165, 1.54) is 18.3 Å². The molecule has 2 aromatic rings. The Morgan fingerprint density at radius 1 is 1.42 bits per heavy atom. The molecule has 1 aromatic carbocycles. The number of benzene rings is 1. The zero-order valence-corrected chi connectivity index (χ0v) is 6.10. The molecule has 4 N–H and O–H groups in total. The Hall–Kier alpha value is -1.91. The lowest BCUT2D eigenvalue weighted by atomic mass is 10.2. The number of nitrogens with two attached hydrogens (primary N) is 1. The van der Waals surface area contributed by atoms with Gasteiger partial charge in [0, 0.05) is 5.39 Å². The summed E-state index contributed by atoms with van der Waals surface area (Å²) >= 11 is 0. The third-order valence-electron chi connectivity index (χ3n) is 1.70. The molecular weight excluding hydrogens is 158 g/mol. The molecule has 0 atom stereocenters. The number of hydrogen-bond donors (Lipinski definition) is 3. The van der Waals surface area contributed by atoms with Gasteiger partial charge >= 0.3 is 0 Å². The van der Waals surface area contributed by atoms with Crippen LogP contribution >= 0.6 is 0 Å². The molecule has 0 saturated carbocycles. The largest absolute Gasteiger partial charge is 0.506 e. The summed E-state index contributed by atoms with van der Waals surface area (Å²) in [5.41, 5.74) is 6.11. The minimum Gasteiger partial charge on any atom is -0.506 e. The van der Waals surface area contributed by atoms with Crippen LogP contribution in [0.2, 0.25) is 0 Å². The van der Waals surface area contributed by atoms with Crippen LogP contribution in [0, 0.1) is 0 Å². The van der Waals surface area contributed by atoms with Crippen molar-refractivity contribution in [3.8, 4) is 5.75 Å². The number of rotatable bonds is 0. The van der Waals surface area contributed by atoms with E-state index in [9.17, 15) is 5.11 Å². The van der Waals surface area contributed by atoms with E-state index in [-0.39, 0.29) is 11.4 Å². The summed E-state index contributed by atoms with van der Waals surface area (Å²) in [4.78, 5) is 0.713. The number of nitrogen functional groups attached to an aromatic ring is 1. The highest BCUT2D eigenvalue weighted by Gasteiger charge is 2.04. The van der Waals surface area contributed by atoms with Crippen LogP contribution in [0.5, 0.6) is 5.75 Å². The van der Waals surface area contributed by atoms with Gasteiger partial charge in [-0.25, -0.2) is 0 Å². The van der Waals surface area contributed by atoms with Crippen molar-refractivity contribution in [2.24, 2.45) is 0 Å². The molecule has 0 aliphatic heterocycles. The van der Waals surface area contributed by atoms with E-state index < -0.39 is 0 Å². The number of anilines is 1. The number of nitrogens with zero attached hydrogens (tertiary/aromatic N) is 2. The molecule has 5 heteroatoms. The molecule has 1 heterocycles. The molecule has 0 aliphatic rings. The number of phenols is 1. The summed E-state index contributed by atoms with van der Waals surface area (Å²) in [5, 5.41) is 22.5. The van der Waals surface area contributed by atoms with Crippen LogP contribution < -0.4 is 5.73 Å². The Labute approximate surface area is 67.6 Å². The monoisotopic (exact) mass is 165 g/mol. The van der Waals surface area contributed by atoms with E-state index in [2.05, 4.69) is 5.10 Å². The first-order chi connectivity index (χ1) is 5.68. The molecule has 12 heavy (non-hydrogen) atoms. The van der Waals surface area contributed by atoms with E-state index in [1.54, 1.807) is 0 Å². The van der Waals surface area contributed by atoms with Crippen molar-refractivity contribution in [2.45, 2.75) is 0 Å². The standard InChI is InChI=1S/C7H7N3O2/c8-5-2-6-4(1-7(5)11)3-9-10(6)12/h1-3,11-12H,8H2. The Morgan fingerprint density at radius 3 is 2.92 bits per heavy atom. The van der Waals surface area contributed by atoms with Crippen molar-refractivity contribution in [3.63, 3.8) is 0 Å². The third kappa shape index (κ3) is 0.763. The van der Waals surface area contributed by atoms with Crippen LogP contribution in [0.25, 0.3) is 10.9 Å². The van der Waals surface area contributed by atoms with Gasteiger partial charge in [0.2, 0.25) is 0 Å². The van der Waals surface area contributed by atoms with Crippen molar-refractivity contribution in [1.82, 2.24) is 9.94 Å². The van der Waals surface area contributed by atoms with Crippen molar-refractivity contribution in [3.05, 3.63) is 18.3 Å². The maximum atomic E-state index is 9.18. The molecule has 0 radical (unpaired) electrons. The van der Waals surface area contributed by atoms with Gasteiger partial charge in [-0.15, -0.1) is 9.94 Å². The van der Waals surface area contributed by atoms with Gasteiger partial charge in [0.1, 0.15) is 11.3 Å². The minimum absolute atomic E-state index is 0.00417. The summed E-state index contributed by atoms with van der Waals surface area (Å²) in [5.74, 6) is -0.00417. The van der Waals surface area contributed by atoms with Crippen LogP contribution in [-0.2, 0) is 0 Å². The predicted octanol–water partition coefficient (Wildman–Crippen LogP) is 0.561. The molecule has 0 spiro atoms. The Bertz CT molecular complexity index is 435. The average Bonchev–Trinajstić information content (AvgIpc) is 2.35. The smallest absolute Gasteiger partial charge is 0.139 e. The molecule has 5 nitrogen and oxygen atoms in total. The van der Waals surface area contributed by atoms with Crippen molar-refractivity contribution < 1.29 is 10.3 Å². The summed E-state index contributed by atoms with van der Waals surface area (Å²) < 4.78 is 0. The van der Waals surface area contributed by atoms with E-state index in [0.717, 1.165) is 0 Å². The minimum atomic E-state index is -0.00417. The third-order valence-corrected chi connectivity index (χ3v) is 1.70. The summed E-state index contributed by atoms with van der Waals surface area (Å²) in [7, 11) is 0. The second kappa shape index (κ2) is 2.04. The molecule has 1 aromatic heterocycles. The van der Waals surface area contributed by atoms with Gasteiger partial charge in [-0.1, -0.05) is 0 Å². The lowest BCUT2D eigenvalue weighted by Gasteiger charge is -1.98. The van der Waals surface area contributed by atoms with Crippen molar-refractivity contribution in [2.75, 3.05) is 5.73 Å². The molecule has 0 bridgehead atoms. The van der Waals surface area contributed by atoms with Gasteiger partial charge in [0.25, 0.3) is 0 Å². The molecule has 0 unspecified atom stereocenters. The van der Waals surface area contributed by atoms with Crippen LogP contribution in [-0.4, -0.2) is 20.3 Å². The van der Waals surface area contributed by atoms with Gasteiger partial charge < -0.3 is 16.0 Å². The van der Waals surface area contributed by atoms with Crippen molar-refractivity contribution in [1.29, 1.82) is 0 Å². The topological polar surface area (TPSA) is 84.3 Å². The molecular formula is C7H7N3O2. The maximum Gasteiger partial charge on any atom is 0.139 e. The fraction of sp³-hybridized carbons (Fsp3) is 0. The van der Waals surface area contributed by atoms with E-state index in [4.69, 9.17) is 10.9 Å². The lowest BCUT2D eigenvalue weighted by molar-refractivity contribution is 0.161. The summed E-state index contributed by atoms with van der Waals surface area (Å²) in [6.45, 7) is 0. The Balaban J connectivity index is 2.87. The Morgan fingerprint density at radius 2 is 2.17 bits per heavy atom. The van der Waals surface area contributed by atoms with Crippen LogP contribution in [0.3, 0.4) is 0 Å².